The minimum absolute atomic E-state index is 0. The molecule has 0 aliphatic heterocycles. The number of carbonyl (C=O) groups is 2. The van der Waals surface area contributed by atoms with Gasteiger partial charge in [0.05, 0.1) is 13.1 Å². The minimum Gasteiger partial charge on any atom is -0.346 e. The van der Waals surface area contributed by atoms with Gasteiger partial charge in [-0.2, -0.15) is 0 Å². The number of hydrogen-bond donors (Lipinski definition) is 2. The van der Waals surface area contributed by atoms with Crippen LogP contribution in [-0.2, 0) is 16.1 Å². The van der Waals surface area contributed by atoms with Crippen molar-refractivity contribution in [3.05, 3.63) is 35.9 Å². The summed E-state index contributed by atoms with van der Waals surface area (Å²) in [6.45, 7) is 2.96. The Bertz CT molecular complexity index is 398. The van der Waals surface area contributed by atoms with Crippen molar-refractivity contribution in [1.82, 2.24) is 10.2 Å². The summed E-state index contributed by atoms with van der Waals surface area (Å²) in [6, 6.07) is 9.74. The molecule has 0 unspecified atom stereocenters. The Hall–Kier alpha value is -1.59. The summed E-state index contributed by atoms with van der Waals surface area (Å²) < 4.78 is 0. The number of carbonyl (C=O) groups excluding carboxylic acids is 2. The van der Waals surface area contributed by atoms with Gasteiger partial charge in [0.15, 0.2) is 0 Å². The van der Waals surface area contributed by atoms with Gasteiger partial charge in [0.25, 0.3) is 0 Å². The monoisotopic (exact) mass is 285 g/mol. The van der Waals surface area contributed by atoms with Gasteiger partial charge in [-0.05, 0) is 12.5 Å². The van der Waals surface area contributed by atoms with E-state index in [-0.39, 0.29) is 37.3 Å². The molecule has 3 N–H and O–H groups in total. The van der Waals surface area contributed by atoms with E-state index in [0.717, 1.165) is 5.56 Å². The van der Waals surface area contributed by atoms with Gasteiger partial charge in [0.2, 0.25) is 11.8 Å². The molecule has 106 valence electrons. The summed E-state index contributed by atoms with van der Waals surface area (Å²) in [6.07, 6.45) is 0. The van der Waals surface area contributed by atoms with Gasteiger partial charge in [-0.3, -0.25) is 9.59 Å². The van der Waals surface area contributed by atoms with Gasteiger partial charge in [-0.25, -0.2) is 0 Å². The van der Waals surface area contributed by atoms with Crippen LogP contribution in [-0.4, -0.2) is 36.3 Å². The number of likely N-dealkylation sites (N-methyl/N-ethyl adjacent to an activating group) is 1. The van der Waals surface area contributed by atoms with E-state index in [1.165, 1.54) is 0 Å². The molecule has 0 radical (unpaired) electrons. The van der Waals surface area contributed by atoms with Crippen molar-refractivity contribution in [3.63, 3.8) is 0 Å². The summed E-state index contributed by atoms with van der Waals surface area (Å²) in [5.41, 5.74) is 6.22. The third-order valence-electron chi connectivity index (χ3n) is 2.57. The number of rotatable bonds is 6. The lowest BCUT2D eigenvalue weighted by Gasteiger charge is -2.21. The molecule has 0 saturated heterocycles. The first-order valence-electron chi connectivity index (χ1n) is 5.95. The second-order valence-corrected chi connectivity index (χ2v) is 3.87. The molecular weight excluding hydrogens is 266 g/mol. The number of nitrogens with one attached hydrogen (secondary N) is 1. The van der Waals surface area contributed by atoms with Crippen LogP contribution in [0.4, 0.5) is 0 Å². The summed E-state index contributed by atoms with van der Waals surface area (Å²) in [7, 11) is 0. The second kappa shape index (κ2) is 9.35. The van der Waals surface area contributed by atoms with E-state index in [9.17, 15) is 9.59 Å². The molecule has 0 bridgehead atoms. The Balaban J connectivity index is 0.00000324. The summed E-state index contributed by atoms with van der Waals surface area (Å²) in [5, 5.41) is 2.48. The Labute approximate surface area is 119 Å². The highest BCUT2D eigenvalue weighted by atomic mass is 35.5. The van der Waals surface area contributed by atoms with Crippen molar-refractivity contribution < 1.29 is 9.59 Å². The van der Waals surface area contributed by atoms with Crippen molar-refractivity contribution >= 4 is 24.2 Å². The Morgan fingerprint density at radius 2 is 1.89 bits per heavy atom. The van der Waals surface area contributed by atoms with Crippen LogP contribution in [0.1, 0.15) is 12.5 Å². The first-order chi connectivity index (χ1) is 8.67. The molecule has 0 aromatic heterocycles. The molecule has 19 heavy (non-hydrogen) atoms. The number of nitrogens with two attached hydrogens (primary N) is 1. The molecule has 0 aliphatic rings. The summed E-state index contributed by atoms with van der Waals surface area (Å²) in [4.78, 5) is 24.5. The van der Waals surface area contributed by atoms with Crippen LogP contribution in [0.3, 0.4) is 0 Å². The van der Waals surface area contributed by atoms with Crippen molar-refractivity contribution in [3.8, 4) is 0 Å². The highest BCUT2D eigenvalue weighted by Gasteiger charge is 2.12. The topological polar surface area (TPSA) is 75.4 Å². The molecule has 0 saturated carbocycles. The van der Waals surface area contributed by atoms with E-state index in [4.69, 9.17) is 5.73 Å². The first kappa shape index (κ1) is 17.4. The van der Waals surface area contributed by atoms with E-state index >= 15 is 0 Å². The molecule has 0 aliphatic carbocycles. The lowest BCUT2D eigenvalue weighted by atomic mass is 10.2. The fourth-order valence-electron chi connectivity index (χ4n) is 1.54. The first-order valence-corrected chi connectivity index (χ1v) is 5.95. The largest absolute Gasteiger partial charge is 0.346 e. The molecule has 6 heteroatoms. The molecule has 1 aromatic rings. The van der Waals surface area contributed by atoms with E-state index in [2.05, 4.69) is 5.32 Å². The molecular formula is C13H20ClN3O2. The van der Waals surface area contributed by atoms with Crippen LogP contribution in [0.2, 0.25) is 0 Å². The van der Waals surface area contributed by atoms with Crippen LogP contribution in [0.25, 0.3) is 0 Å². The van der Waals surface area contributed by atoms with E-state index in [1.54, 1.807) is 4.90 Å². The van der Waals surface area contributed by atoms with Gasteiger partial charge in [0, 0.05) is 13.1 Å². The molecule has 5 nitrogen and oxygen atoms in total. The highest BCUT2D eigenvalue weighted by molar-refractivity contribution is 5.85. The maximum atomic E-state index is 11.9. The highest BCUT2D eigenvalue weighted by Crippen LogP contribution is 2.04. The molecule has 1 aromatic carbocycles. The number of hydrogen-bond acceptors (Lipinski definition) is 3. The predicted molar refractivity (Wildman–Crippen MR) is 76.8 cm³/mol. The third kappa shape index (κ3) is 6.22. The molecule has 1 rings (SSSR count). The van der Waals surface area contributed by atoms with Gasteiger partial charge in [0.1, 0.15) is 0 Å². The van der Waals surface area contributed by atoms with Crippen LogP contribution < -0.4 is 11.1 Å². The molecule has 2 amide bonds. The molecule has 0 spiro atoms. The predicted octanol–water partition coefficient (Wildman–Crippen LogP) is 0.532. The fourth-order valence-corrected chi connectivity index (χ4v) is 1.54. The normalized spacial score (nSPS) is 9.37. The molecule has 0 atom stereocenters. The standard InChI is InChI=1S/C13H19N3O2.ClH/c1-2-16(10-11-6-4-3-5-7-11)13(18)9-15-12(17)8-14;/h3-7H,2,8-10,14H2,1H3,(H,15,17);1H. The van der Waals surface area contributed by atoms with Crippen molar-refractivity contribution in [1.29, 1.82) is 0 Å². The minimum atomic E-state index is -0.320. The van der Waals surface area contributed by atoms with Gasteiger partial charge in [-0.15, -0.1) is 12.4 Å². The van der Waals surface area contributed by atoms with E-state index < -0.39 is 0 Å². The van der Waals surface area contributed by atoms with Crippen LogP contribution in [0.5, 0.6) is 0 Å². The van der Waals surface area contributed by atoms with Crippen molar-refractivity contribution in [2.45, 2.75) is 13.5 Å². The lowest BCUT2D eigenvalue weighted by molar-refractivity contribution is -0.132. The SMILES string of the molecule is CCN(Cc1ccccc1)C(=O)CNC(=O)CN.Cl. The summed E-state index contributed by atoms with van der Waals surface area (Å²) in [5.74, 6) is -0.428. The van der Waals surface area contributed by atoms with Crippen molar-refractivity contribution in [2.24, 2.45) is 5.73 Å². The average Bonchev–Trinajstić information content (AvgIpc) is 2.42. The third-order valence-corrected chi connectivity index (χ3v) is 2.57. The molecule has 0 heterocycles. The van der Waals surface area contributed by atoms with Crippen molar-refractivity contribution in [2.75, 3.05) is 19.6 Å². The number of halogens is 1. The Kier molecular flexibility index (Phi) is 8.57. The maximum Gasteiger partial charge on any atom is 0.242 e. The maximum absolute atomic E-state index is 11.9. The van der Waals surface area contributed by atoms with Gasteiger partial charge >= 0.3 is 0 Å². The number of amides is 2. The van der Waals surface area contributed by atoms with Gasteiger partial charge < -0.3 is 16.0 Å². The second-order valence-electron chi connectivity index (χ2n) is 3.87. The molecule has 0 fully saturated rings. The summed E-state index contributed by atoms with van der Waals surface area (Å²) >= 11 is 0. The van der Waals surface area contributed by atoms with Crippen LogP contribution >= 0.6 is 12.4 Å². The van der Waals surface area contributed by atoms with Crippen LogP contribution in [0.15, 0.2) is 30.3 Å². The zero-order valence-electron chi connectivity index (χ0n) is 11.0. The van der Waals surface area contributed by atoms with E-state index in [1.807, 2.05) is 37.3 Å². The zero-order chi connectivity index (χ0) is 13.4. The average molecular weight is 286 g/mol. The smallest absolute Gasteiger partial charge is 0.242 e. The lowest BCUT2D eigenvalue weighted by Crippen LogP contribution is -2.41. The van der Waals surface area contributed by atoms with Gasteiger partial charge in [-0.1, -0.05) is 30.3 Å². The van der Waals surface area contributed by atoms with Crippen LogP contribution in [0, 0.1) is 0 Å². The quantitative estimate of drug-likeness (QED) is 0.801. The fraction of sp³-hybridized carbons (Fsp3) is 0.385. The number of benzene rings is 1. The number of nitrogens with zero attached hydrogens (tertiary/aromatic N) is 1. The zero-order valence-corrected chi connectivity index (χ0v) is 11.8. The Morgan fingerprint density at radius 3 is 2.42 bits per heavy atom. The van der Waals surface area contributed by atoms with E-state index in [0.29, 0.717) is 13.1 Å². The Morgan fingerprint density at radius 1 is 1.26 bits per heavy atom.